The summed E-state index contributed by atoms with van der Waals surface area (Å²) in [6.07, 6.45) is 4.39. The van der Waals surface area contributed by atoms with Gasteiger partial charge in [-0.1, -0.05) is 71.6 Å². The molecule has 176 valence electrons. The monoisotopic (exact) mass is 516 g/mol. The molecule has 0 bridgehead atoms. The molecule has 0 fully saturated rings. The average molecular weight is 517 g/mol. The number of pyridine rings is 1. The molecule has 8 heteroatoms. The van der Waals surface area contributed by atoms with E-state index in [-0.39, 0.29) is 5.56 Å². The fourth-order valence-electron chi connectivity index (χ4n) is 4.14. The van der Waals surface area contributed by atoms with Crippen LogP contribution in [0.2, 0.25) is 0 Å². The maximum atomic E-state index is 14.0. The smallest absolute Gasteiger partial charge is 0.278 e. The molecule has 0 amide bonds. The molecule has 5 rings (SSSR count). The molecule has 3 heterocycles. The number of aryl methyl sites for hydroxylation is 4. The second kappa shape index (κ2) is 10.3. The van der Waals surface area contributed by atoms with E-state index in [9.17, 15) is 4.79 Å². The zero-order valence-electron chi connectivity index (χ0n) is 19.5. The molecule has 0 aliphatic rings. The maximum Gasteiger partial charge on any atom is 0.278 e. The van der Waals surface area contributed by atoms with Gasteiger partial charge in [0.05, 0.1) is 5.69 Å². The molecule has 35 heavy (non-hydrogen) atoms. The first-order valence-corrected chi connectivity index (χ1v) is 13.5. The molecule has 3 aromatic heterocycles. The zero-order chi connectivity index (χ0) is 24.4. The average Bonchev–Trinajstić information content (AvgIpc) is 3.19. The van der Waals surface area contributed by atoms with Crippen molar-refractivity contribution < 1.29 is 0 Å². The third-order valence-corrected chi connectivity index (χ3v) is 8.34. The molecule has 0 saturated heterocycles. The van der Waals surface area contributed by atoms with Gasteiger partial charge in [-0.25, -0.2) is 4.98 Å². The van der Waals surface area contributed by atoms with Crippen molar-refractivity contribution in [3.05, 3.63) is 110 Å². The van der Waals surface area contributed by atoms with Gasteiger partial charge in [-0.2, -0.15) is 0 Å². The van der Waals surface area contributed by atoms with Crippen molar-refractivity contribution in [1.29, 1.82) is 0 Å². The number of benzene rings is 2. The van der Waals surface area contributed by atoms with Crippen LogP contribution in [-0.4, -0.2) is 19.1 Å². The van der Waals surface area contributed by atoms with E-state index in [4.69, 9.17) is 17.2 Å². The van der Waals surface area contributed by atoms with Gasteiger partial charge in [0.1, 0.15) is 4.70 Å². The van der Waals surface area contributed by atoms with E-state index < -0.39 is 0 Å². The van der Waals surface area contributed by atoms with Crippen LogP contribution in [-0.2, 0) is 18.7 Å². The molecule has 5 nitrogen and oxygen atoms in total. The Morgan fingerprint density at radius 3 is 2.37 bits per heavy atom. The molecule has 2 aromatic carbocycles. The molecular formula is C27H24N4OS3. The Labute approximate surface area is 217 Å². The van der Waals surface area contributed by atoms with E-state index >= 15 is 0 Å². The number of hydrogen-bond acceptors (Lipinski definition) is 6. The molecular weight excluding hydrogens is 493 g/mol. The summed E-state index contributed by atoms with van der Waals surface area (Å²) in [7, 11) is 0. The second-order valence-corrected chi connectivity index (χ2v) is 10.9. The highest BCUT2D eigenvalue weighted by Crippen LogP contribution is 2.29. The highest BCUT2D eigenvalue weighted by Gasteiger charge is 2.20. The number of fused-ring (bicyclic) bond motifs is 1. The summed E-state index contributed by atoms with van der Waals surface area (Å²) in [5, 5.41) is 0.665. The van der Waals surface area contributed by atoms with Crippen molar-refractivity contribution in [3.63, 3.8) is 0 Å². The lowest BCUT2D eigenvalue weighted by Gasteiger charge is -2.17. The molecule has 0 radical (unpaired) electrons. The summed E-state index contributed by atoms with van der Waals surface area (Å²) in [6.45, 7) is 4.74. The van der Waals surface area contributed by atoms with E-state index in [1.54, 1.807) is 28.7 Å². The zero-order valence-corrected chi connectivity index (χ0v) is 21.9. The molecule has 0 aliphatic carbocycles. The molecule has 0 N–H and O–H groups in total. The van der Waals surface area contributed by atoms with E-state index in [0.717, 1.165) is 28.8 Å². The number of nitrogens with zero attached hydrogens (tertiary/aromatic N) is 4. The van der Waals surface area contributed by atoms with E-state index in [1.807, 2.05) is 66.9 Å². The fourth-order valence-corrected chi connectivity index (χ4v) is 6.40. The molecule has 0 atom stereocenters. The third-order valence-electron chi connectivity index (χ3n) is 5.91. The van der Waals surface area contributed by atoms with Crippen molar-refractivity contribution in [2.24, 2.45) is 0 Å². The van der Waals surface area contributed by atoms with Crippen LogP contribution in [0.3, 0.4) is 0 Å². The van der Waals surface area contributed by atoms with Gasteiger partial charge < -0.3 is 4.57 Å². The van der Waals surface area contributed by atoms with Crippen LogP contribution in [0.25, 0.3) is 16.0 Å². The number of para-hydroxylation sites is 1. The predicted molar refractivity (Wildman–Crippen MR) is 147 cm³/mol. The van der Waals surface area contributed by atoms with Gasteiger partial charge >= 0.3 is 0 Å². The minimum Gasteiger partial charge on any atom is -0.307 e. The second-order valence-electron chi connectivity index (χ2n) is 8.33. The van der Waals surface area contributed by atoms with Crippen LogP contribution >= 0.6 is 35.3 Å². The number of hydrogen-bond donors (Lipinski definition) is 0. The minimum absolute atomic E-state index is 0.0702. The van der Waals surface area contributed by atoms with Crippen LogP contribution in [0, 0.1) is 17.8 Å². The first kappa shape index (κ1) is 23.7. The van der Waals surface area contributed by atoms with Gasteiger partial charge in [0.25, 0.3) is 5.56 Å². The van der Waals surface area contributed by atoms with Gasteiger partial charge in [-0.05, 0) is 66.9 Å². The van der Waals surface area contributed by atoms with E-state index in [2.05, 4.69) is 17.1 Å². The lowest BCUT2D eigenvalue weighted by Crippen LogP contribution is -2.23. The van der Waals surface area contributed by atoms with Gasteiger partial charge in [-0.3, -0.25) is 14.3 Å². The molecule has 0 spiro atoms. The van der Waals surface area contributed by atoms with Gasteiger partial charge in [0.2, 0.25) is 0 Å². The van der Waals surface area contributed by atoms with Crippen LogP contribution in [0.1, 0.15) is 22.3 Å². The topological polar surface area (TPSA) is 52.7 Å². The molecule has 0 saturated carbocycles. The SMILES string of the molecule is Cc1cccc(C)c1-n1c(SCc2ccncc2)nc2c(sc(=S)n2CCc2ccccc2)c1=O. The first-order chi connectivity index (χ1) is 17.0. The van der Waals surface area contributed by atoms with Crippen LogP contribution in [0.4, 0.5) is 0 Å². The number of rotatable bonds is 7. The Morgan fingerprint density at radius 2 is 1.66 bits per heavy atom. The minimum atomic E-state index is -0.0702. The largest absolute Gasteiger partial charge is 0.307 e. The van der Waals surface area contributed by atoms with Crippen molar-refractivity contribution in [1.82, 2.24) is 19.1 Å². The van der Waals surface area contributed by atoms with Crippen molar-refractivity contribution >= 4 is 45.7 Å². The number of thiazole rings is 1. The van der Waals surface area contributed by atoms with Gasteiger partial charge in [0, 0.05) is 24.7 Å². The van der Waals surface area contributed by atoms with Gasteiger partial charge in [-0.15, -0.1) is 0 Å². The Kier molecular flexibility index (Phi) is 6.95. The Balaban J connectivity index is 1.65. The fraction of sp³-hybridized carbons (Fsp3) is 0.185. The van der Waals surface area contributed by atoms with Gasteiger partial charge in [0.15, 0.2) is 14.8 Å². The Hall–Kier alpha value is -3.07. The van der Waals surface area contributed by atoms with E-state index in [0.29, 0.717) is 31.8 Å². The highest BCUT2D eigenvalue weighted by molar-refractivity contribution is 7.98. The third kappa shape index (κ3) is 4.87. The lowest BCUT2D eigenvalue weighted by atomic mass is 10.1. The quantitative estimate of drug-likeness (QED) is 0.140. The van der Waals surface area contributed by atoms with Crippen LogP contribution in [0.15, 0.2) is 83.0 Å². The summed E-state index contributed by atoms with van der Waals surface area (Å²) < 4.78 is 5.05. The maximum absolute atomic E-state index is 14.0. The predicted octanol–water partition coefficient (Wildman–Crippen LogP) is 6.53. The Bertz CT molecular complexity index is 1590. The summed E-state index contributed by atoms with van der Waals surface area (Å²) in [6, 6.07) is 20.3. The Morgan fingerprint density at radius 1 is 0.943 bits per heavy atom. The van der Waals surface area contributed by atoms with Crippen LogP contribution in [0.5, 0.6) is 0 Å². The molecule has 0 aliphatic heterocycles. The number of thioether (sulfide) groups is 1. The number of aromatic nitrogens is 4. The van der Waals surface area contributed by atoms with Crippen molar-refractivity contribution in [3.8, 4) is 5.69 Å². The standard InChI is InChI=1S/C27H24N4OS3/c1-18-7-6-8-19(2)22(18)31-25(32)23-24(29-26(31)34-17-21-11-14-28-15-12-21)30(27(33)35-23)16-13-20-9-4-3-5-10-20/h3-12,14-15H,13,16-17H2,1-2H3. The first-order valence-electron chi connectivity index (χ1n) is 11.3. The van der Waals surface area contributed by atoms with Crippen molar-refractivity contribution in [2.75, 3.05) is 0 Å². The van der Waals surface area contributed by atoms with Crippen LogP contribution < -0.4 is 5.56 Å². The summed E-state index contributed by atoms with van der Waals surface area (Å²) in [5.74, 6) is 0.681. The highest BCUT2D eigenvalue weighted by atomic mass is 32.2. The van der Waals surface area contributed by atoms with Crippen molar-refractivity contribution in [2.45, 2.75) is 37.7 Å². The molecule has 5 aromatic rings. The lowest BCUT2D eigenvalue weighted by molar-refractivity contribution is 0.700. The molecule has 0 unspecified atom stereocenters. The summed E-state index contributed by atoms with van der Waals surface area (Å²) in [5.41, 5.74) is 5.90. The normalized spacial score (nSPS) is 11.3. The summed E-state index contributed by atoms with van der Waals surface area (Å²) in [4.78, 5) is 23.1. The summed E-state index contributed by atoms with van der Waals surface area (Å²) >= 11 is 8.61. The van der Waals surface area contributed by atoms with E-state index in [1.165, 1.54) is 16.9 Å².